The minimum absolute atomic E-state index is 0.159. The van der Waals surface area contributed by atoms with Crippen molar-refractivity contribution in [3.05, 3.63) is 64.7 Å². The van der Waals surface area contributed by atoms with Gasteiger partial charge in [-0.1, -0.05) is 12.1 Å². The van der Waals surface area contributed by atoms with E-state index in [2.05, 4.69) is 10.2 Å². The maximum atomic E-state index is 13.3. The Kier molecular flexibility index (Phi) is 7.72. The number of para-hydroxylation sites is 1. The van der Waals surface area contributed by atoms with Gasteiger partial charge in [0.1, 0.15) is 11.6 Å². The second kappa shape index (κ2) is 10.8. The molecule has 1 unspecified atom stereocenters. The molecule has 1 aromatic heterocycles. The number of benzene rings is 2. The van der Waals surface area contributed by atoms with Crippen LogP contribution in [0.15, 0.2) is 58.2 Å². The van der Waals surface area contributed by atoms with E-state index in [1.54, 1.807) is 41.0 Å². The molecular formula is C25H31N5O5S. The number of amides is 1. The lowest BCUT2D eigenvalue weighted by molar-refractivity contribution is -0.118. The van der Waals surface area contributed by atoms with Gasteiger partial charge in [-0.3, -0.25) is 19.1 Å². The summed E-state index contributed by atoms with van der Waals surface area (Å²) in [6, 6.07) is 13.3. The van der Waals surface area contributed by atoms with E-state index < -0.39 is 10.0 Å². The Hall–Kier alpha value is -3.28. The molecule has 36 heavy (non-hydrogen) atoms. The van der Waals surface area contributed by atoms with Gasteiger partial charge in [-0.25, -0.2) is 13.4 Å². The molecular weight excluding hydrogens is 482 g/mol. The Balaban J connectivity index is 1.55. The number of sulfonamides is 1. The van der Waals surface area contributed by atoms with E-state index in [-0.39, 0.29) is 22.4 Å². The van der Waals surface area contributed by atoms with Crippen LogP contribution in [0, 0.1) is 0 Å². The Bertz CT molecular complexity index is 1400. The predicted octanol–water partition coefficient (Wildman–Crippen LogP) is 1.61. The summed E-state index contributed by atoms with van der Waals surface area (Å²) in [6.45, 7) is 5.63. The van der Waals surface area contributed by atoms with Crippen LogP contribution >= 0.6 is 0 Å². The largest absolute Gasteiger partial charge is 0.497 e. The van der Waals surface area contributed by atoms with Crippen molar-refractivity contribution in [3.63, 3.8) is 0 Å². The van der Waals surface area contributed by atoms with Gasteiger partial charge in [-0.2, -0.15) is 4.31 Å². The molecule has 0 saturated carbocycles. The van der Waals surface area contributed by atoms with Crippen molar-refractivity contribution >= 4 is 26.8 Å². The fourth-order valence-electron chi connectivity index (χ4n) is 4.46. The van der Waals surface area contributed by atoms with Crippen LogP contribution in [0.5, 0.6) is 5.75 Å². The standard InChI is InChI=1S/C25H31N5O5S/c1-18(24-27-23-7-5-4-6-22(23)25(32)30(24)13-12-26-19(2)31)28-14-16-29(17-15-28)36(33,34)21-10-8-20(35-3)9-11-21/h4-11,18H,12-17H2,1-3H3,(H,26,31). The maximum Gasteiger partial charge on any atom is 0.261 e. The van der Waals surface area contributed by atoms with Crippen LogP contribution in [0.3, 0.4) is 0 Å². The number of piperazine rings is 1. The lowest BCUT2D eigenvalue weighted by Gasteiger charge is -2.37. The topological polar surface area (TPSA) is 114 Å². The number of nitrogens with zero attached hydrogens (tertiary/aromatic N) is 4. The van der Waals surface area contributed by atoms with Gasteiger partial charge in [-0.05, 0) is 43.3 Å². The zero-order chi connectivity index (χ0) is 25.9. The summed E-state index contributed by atoms with van der Waals surface area (Å²) in [6.07, 6.45) is 0. The molecule has 192 valence electrons. The first-order valence-electron chi connectivity index (χ1n) is 11.8. The number of rotatable bonds is 8. The lowest BCUT2D eigenvalue weighted by atomic mass is 10.2. The van der Waals surface area contributed by atoms with E-state index in [1.165, 1.54) is 18.3 Å². The molecule has 10 nitrogen and oxygen atoms in total. The van der Waals surface area contributed by atoms with Crippen molar-refractivity contribution in [2.45, 2.75) is 31.3 Å². The van der Waals surface area contributed by atoms with Crippen LogP contribution in [0.4, 0.5) is 0 Å². The Morgan fingerprint density at radius 3 is 2.39 bits per heavy atom. The minimum Gasteiger partial charge on any atom is -0.497 e. The second-order valence-electron chi connectivity index (χ2n) is 8.72. The van der Waals surface area contributed by atoms with Crippen LogP contribution in [0.1, 0.15) is 25.7 Å². The van der Waals surface area contributed by atoms with Crippen molar-refractivity contribution in [3.8, 4) is 5.75 Å². The molecule has 4 rings (SSSR count). The molecule has 2 heterocycles. The van der Waals surface area contributed by atoms with Gasteiger partial charge in [0, 0.05) is 46.2 Å². The number of aromatic nitrogens is 2. The summed E-state index contributed by atoms with van der Waals surface area (Å²) in [5.74, 6) is 1.02. The van der Waals surface area contributed by atoms with Crippen molar-refractivity contribution < 1.29 is 17.9 Å². The highest BCUT2D eigenvalue weighted by Gasteiger charge is 2.31. The number of carbonyl (C=O) groups is 1. The third-order valence-corrected chi connectivity index (χ3v) is 8.41. The molecule has 1 atom stereocenters. The third kappa shape index (κ3) is 5.28. The quantitative estimate of drug-likeness (QED) is 0.487. The molecule has 0 spiro atoms. The van der Waals surface area contributed by atoms with Crippen LogP contribution in [-0.4, -0.2) is 72.9 Å². The lowest BCUT2D eigenvalue weighted by Crippen LogP contribution is -2.50. The Labute approximate surface area is 210 Å². The zero-order valence-electron chi connectivity index (χ0n) is 20.7. The van der Waals surface area contributed by atoms with E-state index in [1.807, 2.05) is 19.1 Å². The summed E-state index contributed by atoms with van der Waals surface area (Å²) >= 11 is 0. The fourth-order valence-corrected chi connectivity index (χ4v) is 5.88. The first kappa shape index (κ1) is 25.8. The summed E-state index contributed by atoms with van der Waals surface area (Å²) in [4.78, 5) is 31.8. The summed E-state index contributed by atoms with van der Waals surface area (Å²) in [5, 5.41) is 3.26. The monoisotopic (exact) mass is 513 g/mol. The predicted molar refractivity (Wildman–Crippen MR) is 136 cm³/mol. The van der Waals surface area contributed by atoms with Crippen molar-refractivity contribution in [2.24, 2.45) is 0 Å². The number of methoxy groups -OCH3 is 1. The molecule has 0 radical (unpaired) electrons. The number of ether oxygens (including phenoxy) is 1. The number of nitrogens with one attached hydrogen (secondary N) is 1. The highest BCUT2D eigenvalue weighted by atomic mass is 32.2. The molecule has 3 aromatic rings. The molecule has 1 fully saturated rings. The number of hydrogen-bond donors (Lipinski definition) is 1. The summed E-state index contributed by atoms with van der Waals surface area (Å²) in [7, 11) is -2.09. The molecule has 1 N–H and O–H groups in total. The Morgan fingerprint density at radius 1 is 1.08 bits per heavy atom. The summed E-state index contributed by atoms with van der Waals surface area (Å²) in [5.41, 5.74) is 0.453. The van der Waals surface area contributed by atoms with Gasteiger partial charge in [0.15, 0.2) is 0 Å². The van der Waals surface area contributed by atoms with Gasteiger partial charge < -0.3 is 10.1 Å². The van der Waals surface area contributed by atoms with Crippen molar-refractivity contribution in [1.82, 2.24) is 24.1 Å². The first-order chi connectivity index (χ1) is 17.2. The molecule has 1 saturated heterocycles. The van der Waals surface area contributed by atoms with Crippen molar-refractivity contribution in [2.75, 3.05) is 39.8 Å². The molecule has 0 aliphatic carbocycles. The Morgan fingerprint density at radius 2 is 1.75 bits per heavy atom. The first-order valence-corrected chi connectivity index (χ1v) is 13.3. The molecule has 2 aromatic carbocycles. The fraction of sp³-hybridized carbons (Fsp3) is 0.400. The molecule has 11 heteroatoms. The highest BCUT2D eigenvalue weighted by Crippen LogP contribution is 2.25. The SMILES string of the molecule is COc1ccc(S(=O)(=O)N2CCN(C(C)c3nc4ccccc4c(=O)n3CCNC(C)=O)CC2)cc1. The molecule has 1 aliphatic heterocycles. The van der Waals surface area contributed by atoms with Crippen LogP contribution in [0.25, 0.3) is 10.9 Å². The van der Waals surface area contributed by atoms with E-state index in [4.69, 9.17) is 9.72 Å². The van der Waals surface area contributed by atoms with Gasteiger partial charge in [0.05, 0.1) is 29.0 Å². The van der Waals surface area contributed by atoms with Gasteiger partial charge in [-0.15, -0.1) is 0 Å². The number of fused-ring (bicyclic) bond motifs is 1. The normalized spacial score (nSPS) is 16.1. The van der Waals surface area contributed by atoms with E-state index >= 15 is 0 Å². The van der Waals surface area contributed by atoms with E-state index in [0.29, 0.717) is 61.7 Å². The molecule has 1 aliphatic rings. The number of carbonyl (C=O) groups excluding carboxylic acids is 1. The van der Waals surface area contributed by atoms with Gasteiger partial charge >= 0.3 is 0 Å². The van der Waals surface area contributed by atoms with E-state index in [0.717, 1.165) is 0 Å². The summed E-state index contributed by atoms with van der Waals surface area (Å²) < 4.78 is 34.5. The third-order valence-electron chi connectivity index (χ3n) is 6.49. The minimum atomic E-state index is -3.62. The smallest absolute Gasteiger partial charge is 0.261 e. The van der Waals surface area contributed by atoms with E-state index in [9.17, 15) is 18.0 Å². The van der Waals surface area contributed by atoms with Gasteiger partial charge in [0.25, 0.3) is 5.56 Å². The average molecular weight is 514 g/mol. The molecule has 1 amide bonds. The molecule has 0 bridgehead atoms. The zero-order valence-corrected chi connectivity index (χ0v) is 21.5. The average Bonchev–Trinajstić information content (AvgIpc) is 2.89. The van der Waals surface area contributed by atoms with Crippen LogP contribution in [0.2, 0.25) is 0 Å². The van der Waals surface area contributed by atoms with Crippen molar-refractivity contribution in [1.29, 1.82) is 0 Å². The van der Waals surface area contributed by atoms with Gasteiger partial charge in [0.2, 0.25) is 15.9 Å². The second-order valence-corrected chi connectivity index (χ2v) is 10.7. The van der Waals surface area contributed by atoms with Crippen LogP contribution in [-0.2, 0) is 21.4 Å². The highest BCUT2D eigenvalue weighted by molar-refractivity contribution is 7.89. The maximum absolute atomic E-state index is 13.3. The number of hydrogen-bond acceptors (Lipinski definition) is 7. The van der Waals surface area contributed by atoms with Crippen LogP contribution < -0.4 is 15.6 Å².